The SMILES string of the molecule is COc1cccc(N(C)c2ccc(N)c(N)c2)c1. The summed E-state index contributed by atoms with van der Waals surface area (Å²) in [6, 6.07) is 13.4. The molecule has 4 N–H and O–H groups in total. The first-order chi connectivity index (χ1) is 8.61. The van der Waals surface area contributed by atoms with Crippen LogP contribution in [0.4, 0.5) is 22.7 Å². The summed E-state index contributed by atoms with van der Waals surface area (Å²) in [6.07, 6.45) is 0. The zero-order valence-corrected chi connectivity index (χ0v) is 10.6. The summed E-state index contributed by atoms with van der Waals surface area (Å²) in [5.41, 5.74) is 14.7. The summed E-state index contributed by atoms with van der Waals surface area (Å²) in [5, 5.41) is 0. The van der Waals surface area contributed by atoms with E-state index in [0.29, 0.717) is 11.4 Å². The van der Waals surface area contributed by atoms with Crippen LogP contribution < -0.4 is 21.1 Å². The van der Waals surface area contributed by atoms with Crippen molar-refractivity contribution in [3.8, 4) is 5.75 Å². The average Bonchev–Trinajstić information content (AvgIpc) is 2.41. The van der Waals surface area contributed by atoms with E-state index in [1.54, 1.807) is 13.2 Å². The second-order valence-corrected chi connectivity index (χ2v) is 4.07. The highest BCUT2D eigenvalue weighted by molar-refractivity contribution is 5.73. The molecule has 0 atom stereocenters. The average molecular weight is 243 g/mol. The van der Waals surface area contributed by atoms with Gasteiger partial charge in [-0.1, -0.05) is 6.07 Å². The van der Waals surface area contributed by atoms with E-state index in [0.717, 1.165) is 17.1 Å². The van der Waals surface area contributed by atoms with Gasteiger partial charge < -0.3 is 21.1 Å². The lowest BCUT2D eigenvalue weighted by atomic mass is 10.2. The van der Waals surface area contributed by atoms with E-state index in [1.807, 2.05) is 48.3 Å². The number of ether oxygens (including phenoxy) is 1. The van der Waals surface area contributed by atoms with Gasteiger partial charge in [0.25, 0.3) is 0 Å². The second kappa shape index (κ2) is 4.87. The predicted octanol–water partition coefficient (Wildman–Crippen LogP) is 2.63. The molecule has 2 aromatic rings. The van der Waals surface area contributed by atoms with E-state index >= 15 is 0 Å². The molecule has 4 heteroatoms. The Morgan fingerprint density at radius 1 is 0.944 bits per heavy atom. The van der Waals surface area contributed by atoms with Gasteiger partial charge in [-0.2, -0.15) is 0 Å². The Balaban J connectivity index is 2.34. The van der Waals surface area contributed by atoms with E-state index in [4.69, 9.17) is 16.2 Å². The van der Waals surface area contributed by atoms with Crippen LogP contribution in [0.1, 0.15) is 0 Å². The number of methoxy groups -OCH3 is 1. The van der Waals surface area contributed by atoms with Gasteiger partial charge in [0.2, 0.25) is 0 Å². The molecule has 0 fully saturated rings. The smallest absolute Gasteiger partial charge is 0.120 e. The molecule has 0 amide bonds. The summed E-state index contributed by atoms with van der Waals surface area (Å²) in [7, 11) is 3.63. The minimum Gasteiger partial charge on any atom is -0.497 e. The third-order valence-corrected chi connectivity index (χ3v) is 2.90. The van der Waals surface area contributed by atoms with Crippen molar-refractivity contribution in [1.82, 2.24) is 0 Å². The van der Waals surface area contributed by atoms with Gasteiger partial charge in [-0.25, -0.2) is 0 Å². The molecule has 0 unspecified atom stereocenters. The molecule has 0 aromatic heterocycles. The van der Waals surface area contributed by atoms with Crippen molar-refractivity contribution < 1.29 is 4.74 Å². The first-order valence-electron chi connectivity index (χ1n) is 5.64. The predicted molar refractivity (Wildman–Crippen MR) is 76.3 cm³/mol. The molecule has 0 radical (unpaired) electrons. The van der Waals surface area contributed by atoms with Crippen molar-refractivity contribution in [2.24, 2.45) is 0 Å². The highest BCUT2D eigenvalue weighted by atomic mass is 16.5. The Morgan fingerprint density at radius 3 is 2.33 bits per heavy atom. The van der Waals surface area contributed by atoms with E-state index in [-0.39, 0.29) is 0 Å². The van der Waals surface area contributed by atoms with Crippen molar-refractivity contribution in [3.63, 3.8) is 0 Å². The van der Waals surface area contributed by atoms with Crippen LogP contribution in [0, 0.1) is 0 Å². The van der Waals surface area contributed by atoms with Crippen molar-refractivity contribution in [2.75, 3.05) is 30.5 Å². The van der Waals surface area contributed by atoms with Crippen LogP contribution in [-0.4, -0.2) is 14.2 Å². The molecular formula is C14H17N3O. The summed E-state index contributed by atoms with van der Waals surface area (Å²) < 4.78 is 5.21. The van der Waals surface area contributed by atoms with Crippen LogP contribution in [0.15, 0.2) is 42.5 Å². The van der Waals surface area contributed by atoms with Crippen LogP contribution in [0.25, 0.3) is 0 Å². The Bertz CT molecular complexity index is 554. The molecule has 2 aromatic carbocycles. The first kappa shape index (κ1) is 12.1. The molecule has 0 aliphatic carbocycles. The number of nitrogen functional groups attached to an aromatic ring is 2. The second-order valence-electron chi connectivity index (χ2n) is 4.07. The molecule has 4 nitrogen and oxygen atoms in total. The monoisotopic (exact) mass is 243 g/mol. The molecule has 2 rings (SSSR count). The van der Waals surface area contributed by atoms with Crippen LogP contribution >= 0.6 is 0 Å². The van der Waals surface area contributed by atoms with Crippen LogP contribution in [-0.2, 0) is 0 Å². The lowest BCUT2D eigenvalue weighted by Crippen LogP contribution is -2.10. The quantitative estimate of drug-likeness (QED) is 0.813. The number of hydrogen-bond donors (Lipinski definition) is 2. The first-order valence-corrected chi connectivity index (χ1v) is 5.64. The van der Waals surface area contributed by atoms with Crippen LogP contribution in [0.2, 0.25) is 0 Å². The molecule has 0 saturated carbocycles. The number of nitrogens with two attached hydrogens (primary N) is 2. The third-order valence-electron chi connectivity index (χ3n) is 2.90. The van der Waals surface area contributed by atoms with Crippen molar-refractivity contribution in [2.45, 2.75) is 0 Å². The van der Waals surface area contributed by atoms with Gasteiger partial charge in [0.15, 0.2) is 0 Å². The summed E-state index contributed by atoms with van der Waals surface area (Å²) in [4.78, 5) is 2.03. The molecule has 0 aliphatic heterocycles. The third kappa shape index (κ3) is 2.32. The van der Waals surface area contributed by atoms with Gasteiger partial charge >= 0.3 is 0 Å². The molecule has 18 heavy (non-hydrogen) atoms. The highest BCUT2D eigenvalue weighted by Gasteiger charge is 2.06. The van der Waals surface area contributed by atoms with Gasteiger partial charge in [0, 0.05) is 24.5 Å². The molecule has 0 bridgehead atoms. The van der Waals surface area contributed by atoms with Gasteiger partial charge in [-0.3, -0.25) is 0 Å². The molecular weight excluding hydrogens is 226 g/mol. The van der Waals surface area contributed by atoms with Crippen molar-refractivity contribution in [3.05, 3.63) is 42.5 Å². The number of benzene rings is 2. The van der Waals surface area contributed by atoms with Crippen molar-refractivity contribution in [1.29, 1.82) is 0 Å². The van der Waals surface area contributed by atoms with E-state index in [1.165, 1.54) is 0 Å². The zero-order valence-electron chi connectivity index (χ0n) is 10.6. The normalized spacial score (nSPS) is 10.1. The largest absolute Gasteiger partial charge is 0.497 e. The van der Waals surface area contributed by atoms with E-state index in [9.17, 15) is 0 Å². The molecule has 0 spiro atoms. The lowest BCUT2D eigenvalue weighted by molar-refractivity contribution is 0.415. The number of anilines is 4. The maximum Gasteiger partial charge on any atom is 0.120 e. The Labute approximate surface area is 107 Å². The number of hydrogen-bond acceptors (Lipinski definition) is 4. The fraction of sp³-hybridized carbons (Fsp3) is 0.143. The minimum atomic E-state index is 0.585. The lowest BCUT2D eigenvalue weighted by Gasteiger charge is -2.20. The summed E-state index contributed by atoms with van der Waals surface area (Å²) in [5.74, 6) is 0.822. The minimum absolute atomic E-state index is 0.585. The van der Waals surface area contributed by atoms with Gasteiger partial charge in [0.1, 0.15) is 5.75 Å². The van der Waals surface area contributed by atoms with Gasteiger partial charge in [-0.05, 0) is 30.3 Å². The Kier molecular flexibility index (Phi) is 3.28. The molecule has 94 valence electrons. The highest BCUT2D eigenvalue weighted by Crippen LogP contribution is 2.29. The Morgan fingerprint density at radius 2 is 1.67 bits per heavy atom. The Hall–Kier alpha value is -2.36. The van der Waals surface area contributed by atoms with Crippen LogP contribution in [0.5, 0.6) is 5.75 Å². The van der Waals surface area contributed by atoms with Gasteiger partial charge in [0.05, 0.1) is 18.5 Å². The maximum absolute atomic E-state index is 5.82. The topological polar surface area (TPSA) is 64.5 Å². The standard InChI is InChI=1S/C14H17N3O/c1-17(10-4-3-5-12(8-10)18-2)11-6-7-13(15)14(16)9-11/h3-9H,15-16H2,1-2H3. The molecule has 0 saturated heterocycles. The number of rotatable bonds is 3. The van der Waals surface area contributed by atoms with E-state index < -0.39 is 0 Å². The maximum atomic E-state index is 5.82. The summed E-state index contributed by atoms with van der Waals surface area (Å²) in [6.45, 7) is 0. The zero-order chi connectivity index (χ0) is 13.1. The molecule has 0 heterocycles. The van der Waals surface area contributed by atoms with Crippen molar-refractivity contribution >= 4 is 22.7 Å². The fourth-order valence-corrected chi connectivity index (χ4v) is 1.74. The van der Waals surface area contributed by atoms with Gasteiger partial charge in [-0.15, -0.1) is 0 Å². The molecule has 0 aliphatic rings. The van der Waals surface area contributed by atoms with Crippen LogP contribution in [0.3, 0.4) is 0 Å². The number of nitrogens with zero attached hydrogens (tertiary/aromatic N) is 1. The fourth-order valence-electron chi connectivity index (χ4n) is 1.74. The van der Waals surface area contributed by atoms with E-state index in [2.05, 4.69) is 0 Å². The summed E-state index contributed by atoms with van der Waals surface area (Å²) >= 11 is 0.